The lowest BCUT2D eigenvalue weighted by molar-refractivity contribution is 0.108. The van der Waals surface area contributed by atoms with E-state index in [0.717, 1.165) is 0 Å². The molecule has 1 heterocycles. The van der Waals surface area contributed by atoms with Crippen LogP contribution in [0.3, 0.4) is 0 Å². The molecule has 0 atom stereocenters. The number of hydrogen-bond donors (Lipinski definition) is 0. The average Bonchev–Trinajstić information content (AvgIpc) is 2.37. The molecule has 0 aromatic carbocycles. The third kappa shape index (κ3) is 1.34. The summed E-state index contributed by atoms with van der Waals surface area (Å²) in [5.41, 5.74) is 0. The van der Waals surface area contributed by atoms with Gasteiger partial charge in [-0.2, -0.15) is 0 Å². The van der Waals surface area contributed by atoms with Crippen LogP contribution in [0.2, 0.25) is 0 Å². The predicted molar refractivity (Wildman–Crippen MR) is 33.1 cm³/mol. The highest BCUT2D eigenvalue weighted by molar-refractivity contribution is 5.67. The van der Waals surface area contributed by atoms with E-state index in [1.807, 2.05) is 6.92 Å². The Hall–Kier alpha value is -1.32. The molecule has 0 N–H and O–H groups in total. The van der Waals surface area contributed by atoms with Crippen molar-refractivity contribution in [2.75, 3.05) is 6.61 Å². The molecule has 0 unspecified atom stereocenters. The van der Waals surface area contributed by atoms with Gasteiger partial charge in [0.15, 0.2) is 0 Å². The van der Waals surface area contributed by atoms with Crippen molar-refractivity contribution in [3.63, 3.8) is 0 Å². The Balaban J connectivity index is 2.68. The molecular formula is C6H7NO3. The number of aromatic nitrogens is 1. The van der Waals surface area contributed by atoms with E-state index in [1.165, 1.54) is 6.20 Å². The summed E-state index contributed by atoms with van der Waals surface area (Å²) in [7, 11) is 0. The summed E-state index contributed by atoms with van der Waals surface area (Å²) in [5.74, 6) is 0.327. The smallest absolute Gasteiger partial charge is 0.305 e. The normalized spacial score (nSPS) is 9.30. The van der Waals surface area contributed by atoms with Crippen molar-refractivity contribution >= 4 is 6.29 Å². The standard InChI is InChI=1S/C6H7NO3/c1-2-9-6-3-7-5(4-8)10-6/h3-4H,2H2,1H3. The molecule has 0 bridgehead atoms. The molecule has 0 aliphatic heterocycles. The van der Waals surface area contributed by atoms with Gasteiger partial charge in [-0.3, -0.25) is 4.79 Å². The Kier molecular flexibility index (Phi) is 2.04. The van der Waals surface area contributed by atoms with Gasteiger partial charge in [-0.05, 0) is 6.92 Å². The van der Waals surface area contributed by atoms with E-state index in [2.05, 4.69) is 4.98 Å². The topological polar surface area (TPSA) is 52.3 Å². The second-order valence-electron chi connectivity index (χ2n) is 1.57. The van der Waals surface area contributed by atoms with Gasteiger partial charge < -0.3 is 9.15 Å². The van der Waals surface area contributed by atoms with Gasteiger partial charge in [-0.25, -0.2) is 4.98 Å². The molecule has 10 heavy (non-hydrogen) atoms. The largest absolute Gasteiger partial charge is 0.464 e. The molecule has 0 aliphatic rings. The molecule has 0 amide bonds. The van der Waals surface area contributed by atoms with Gasteiger partial charge in [0, 0.05) is 0 Å². The highest BCUT2D eigenvalue weighted by atomic mass is 16.6. The number of carbonyl (C=O) groups is 1. The van der Waals surface area contributed by atoms with E-state index in [1.54, 1.807) is 0 Å². The number of ether oxygens (including phenoxy) is 1. The van der Waals surface area contributed by atoms with Crippen molar-refractivity contribution < 1.29 is 13.9 Å². The Morgan fingerprint density at radius 3 is 3.20 bits per heavy atom. The summed E-state index contributed by atoms with van der Waals surface area (Å²) in [5, 5.41) is 0. The molecule has 0 saturated carbocycles. The number of nitrogens with zero attached hydrogens (tertiary/aromatic N) is 1. The summed E-state index contributed by atoms with van der Waals surface area (Å²) >= 11 is 0. The fourth-order valence-corrected chi connectivity index (χ4v) is 0.536. The number of oxazole rings is 1. The first-order valence-electron chi connectivity index (χ1n) is 2.90. The van der Waals surface area contributed by atoms with Crippen LogP contribution in [0.25, 0.3) is 0 Å². The highest BCUT2D eigenvalue weighted by Gasteiger charge is 2.00. The van der Waals surface area contributed by atoms with Crippen molar-refractivity contribution in [3.05, 3.63) is 12.1 Å². The minimum absolute atomic E-state index is 0.0449. The molecule has 0 fully saturated rings. The zero-order chi connectivity index (χ0) is 7.40. The van der Waals surface area contributed by atoms with E-state index >= 15 is 0 Å². The number of aldehydes is 1. The van der Waals surface area contributed by atoms with Crippen molar-refractivity contribution in [1.82, 2.24) is 4.98 Å². The van der Waals surface area contributed by atoms with Gasteiger partial charge in [0.25, 0.3) is 5.89 Å². The Bertz CT molecular complexity index is 219. The quantitative estimate of drug-likeness (QED) is 0.586. The maximum Gasteiger partial charge on any atom is 0.305 e. The molecule has 54 valence electrons. The third-order valence-corrected chi connectivity index (χ3v) is 0.890. The van der Waals surface area contributed by atoms with E-state index in [-0.39, 0.29) is 11.8 Å². The summed E-state index contributed by atoms with van der Waals surface area (Å²) in [6.07, 6.45) is 1.90. The van der Waals surface area contributed by atoms with Gasteiger partial charge in [0.1, 0.15) is 6.20 Å². The van der Waals surface area contributed by atoms with Crippen molar-refractivity contribution in [3.8, 4) is 5.95 Å². The van der Waals surface area contributed by atoms with Crippen LogP contribution in [0.4, 0.5) is 0 Å². The molecule has 1 aromatic heterocycles. The first-order chi connectivity index (χ1) is 4.86. The van der Waals surface area contributed by atoms with Crippen LogP contribution in [0, 0.1) is 0 Å². The maximum atomic E-state index is 10.0. The summed E-state index contributed by atoms with van der Waals surface area (Å²) in [6.45, 7) is 2.33. The van der Waals surface area contributed by atoms with Crippen molar-refractivity contribution in [2.45, 2.75) is 6.92 Å². The van der Waals surface area contributed by atoms with Crippen molar-refractivity contribution in [2.24, 2.45) is 0 Å². The first-order valence-corrected chi connectivity index (χ1v) is 2.90. The number of hydrogen-bond acceptors (Lipinski definition) is 4. The van der Waals surface area contributed by atoms with Gasteiger partial charge in [-0.1, -0.05) is 0 Å². The lowest BCUT2D eigenvalue weighted by Gasteiger charge is -1.92. The molecule has 4 nitrogen and oxygen atoms in total. The zero-order valence-electron chi connectivity index (χ0n) is 5.53. The average molecular weight is 141 g/mol. The van der Waals surface area contributed by atoms with Crippen LogP contribution in [0.1, 0.15) is 17.6 Å². The van der Waals surface area contributed by atoms with Gasteiger partial charge in [0.2, 0.25) is 6.29 Å². The van der Waals surface area contributed by atoms with Crippen molar-refractivity contribution in [1.29, 1.82) is 0 Å². The Labute approximate surface area is 57.8 Å². The van der Waals surface area contributed by atoms with E-state index in [0.29, 0.717) is 12.9 Å². The molecule has 1 aromatic rings. The van der Waals surface area contributed by atoms with Gasteiger partial charge in [0.05, 0.1) is 6.61 Å². The summed E-state index contributed by atoms with van der Waals surface area (Å²) in [6, 6.07) is 0. The first kappa shape index (κ1) is 6.80. The van der Waals surface area contributed by atoms with Crippen LogP contribution in [-0.4, -0.2) is 17.9 Å². The Morgan fingerprint density at radius 1 is 1.90 bits per heavy atom. The van der Waals surface area contributed by atoms with Gasteiger partial charge >= 0.3 is 5.95 Å². The molecule has 0 saturated heterocycles. The Morgan fingerprint density at radius 2 is 2.70 bits per heavy atom. The highest BCUT2D eigenvalue weighted by Crippen LogP contribution is 2.09. The molecule has 1 rings (SSSR count). The fourth-order valence-electron chi connectivity index (χ4n) is 0.536. The molecular weight excluding hydrogens is 134 g/mol. The van der Waals surface area contributed by atoms with E-state index in [9.17, 15) is 4.79 Å². The lowest BCUT2D eigenvalue weighted by atomic mass is 10.8. The summed E-state index contributed by atoms with van der Waals surface area (Å²) < 4.78 is 9.67. The number of carbonyl (C=O) groups excluding carboxylic acids is 1. The predicted octanol–water partition coefficient (Wildman–Crippen LogP) is 0.886. The number of rotatable bonds is 3. The van der Waals surface area contributed by atoms with Crippen LogP contribution in [0.15, 0.2) is 10.6 Å². The molecule has 0 radical (unpaired) electrons. The monoisotopic (exact) mass is 141 g/mol. The van der Waals surface area contributed by atoms with Crippen LogP contribution >= 0.6 is 0 Å². The zero-order valence-corrected chi connectivity index (χ0v) is 5.53. The van der Waals surface area contributed by atoms with Crippen LogP contribution in [-0.2, 0) is 0 Å². The second-order valence-corrected chi connectivity index (χ2v) is 1.57. The minimum Gasteiger partial charge on any atom is -0.464 e. The SMILES string of the molecule is CCOc1cnc(C=O)o1. The van der Waals surface area contributed by atoms with Crippen LogP contribution in [0.5, 0.6) is 5.95 Å². The third-order valence-electron chi connectivity index (χ3n) is 0.890. The second kappa shape index (κ2) is 3.00. The maximum absolute atomic E-state index is 10.0. The molecule has 4 heteroatoms. The fraction of sp³-hybridized carbons (Fsp3) is 0.333. The summed E-state index contributed by atoms with van der Waals surface area (Å²) in [4.78, 5) is 13.6. The van der Waals surface area contributed by atoms with E-state index in [4.69, 9.17) is 9.15 Å². The minimum atomic E-state index is 0.0449. The van der Waals surface area contributed by atoms with Gasteiger partial charge in [-0.15, -0.1) is 0 Å². The van der Waals surface area contributed by atoms with Crippen LogP contribution < -0.4 is 4.74 Å². The molecule has 0 aliphatic carbocycles. The lowest BCUT2D eigenvalue weighted by Crippen LogP contribution is -1.88. The molecule has 0 spiro atoms. The van der Waals surface area contributed by atoms with E-state index < -0.39 is 0 Å².